The maximum atomic E-state index is 12.9. The molecule has 0 saturated heterocycles. The van der Waals surface area contributed by atoms with Crippen molar-refractivity contribution < 1.29 is 42.9 Å². The van der Waals surface area contributed by atoms with Crippen LogP contribution in [0.1, 0.15) is 245 Å². The summed E-state index contributed by atoms with van der Waals surface area (Å²) in [4.78, 5) is 37.6. The van der Waals surface area contributed by atoms with Crippen LogP contribution in [0.5, 0.6) is 0 Å². The molecule has 0 aromatic rings. The Morgan fingerprint density at radius 1 is 0.345 bits per heavy atom. The molecule has 1 N–H and O–H groups in total. The number of ether oxygens (including phenoxy) is 4. The summed E-state index contributed by atoms with van der Waals surface area (Å²) in [5.74, 6) is -2.04. The summed E-state index contributed by atoms with van der Waals surface area (Å²) in [6.07, 6.45) is 97.3. The number of unbranched alkanes of at least 4 members (excludes halogenated alkanes) is 18. The van der Waals surface area contributed by atoms with Crippen molar-refractivity contribution in [2.75, 3.05) is 47.5 Å². The standard InChI is InChI=1S/C78H125NO8/c1-6-8-10-12-14-16-18-20-22-24-26-28-30-32-34-36-37-38-39-41-43-45-47-49-51-53-55-57-59-61-63-65-67-69-76(81)87-74(73-86-78(77(82)83)84-71-70-79(3,4)5)72-85-75(80)68-66-64-62-60-58-56-54-52-50-48-46-44-42-40-35-33-31-29-27-25-23-21-19-17-15-13-11-9-7-2/h8-11,14-17,20-23,26-29,32-35,37-38,41-44,47,49,74,78H,6-7,12-13,18-19,24-25,30-31,36,39-40,45-46,48,50-73H2,1-5H3/p+1/b10-8-,11-9-,16-14-,17-15-,22-20-,23-21-,28-26-,29-27-,34-32-,35-33-,38-37-,43-41-,44-42-,49-47-. The van der Waals surface area contributed by atoms with Gasteiger partial charge in [-0.3, -0.25) is 9.59 Å². The van der Waals surface area contributed by atoms with Gasteiger partial charge in [-0.05, 0) is 128 Å². The molecule has 0 aromatic carbocycles. The smallest absolute Gasteiger partial charge is 0.361 e. The molecule has 2 unspecified atom stereocenters. The number of aliphatic carboxylic acids is 1. The monoisotopic (exact) mass is 1200 g/mol. The zero-order valence-corrected chi connectivity index (χ0v) is 55.9. The van der Waals surface area contributed by atoms with Crippen LogP contribution < -0.4 is 0 Å². The first-order chi connectivity index (χ1) is 42.6. The van der Waals surface area contributed by atoms with Crippen molar-refractivity contribution in [1.29, 1.82) is 0 Å². The molecule has 490 valence electrons. The minimum absolute atomic E-state index is 0.176. The van der Waals surface area contributed by atoms with Gasteiger partial charge in [0.15, 0.2) is 6.10 Å². The highest BCUT2D eigenvalue weighted by molar-refractivity contribution is 5.71. The van der Waals surface area contributed by atoms with Crippen LogP contribution in [0, 0.1) is 0 Å². The number of quaternary nitrogens is 1. The second-order valence-electron chi connectivity index (χ2n) is 23.4. The fourth-order valence-corrected chi connectivity index (χ4v) is 8.80. The van der Waals surface area contributed by atoms with Crippen LogP contribution in [-0.2, 0) is 33.3 Å². The first-order valence-corrected chi connectivity index (χ1v) is 34.3. The van der Waals surface area contributed by atoms with Gasteiger partial charge >= 0.3 is 17.9 Å². The van der Waals surface area contributed by atoms with Gasteiger partial charge in [-0.2, -0.15) is 0 Å². The van der Waals surface area contributed by atoms with Crippen molar-refractivity contribution >= 4 is 17.9 Å². The van der Waals surface area contributed by atoms with Gasteiger partial charge in [0, 0.05) is 12.8 Å². The van der Waals surface area contributed by atoms with Crippen molar-refractivity contribution in [1.82, 2.24) is 0 Å². The third-order valence-electron chi connectivity index (χ3n) is 14.0. The summed E-state index contributed by atoms with van der Waals surface area (Å²) in [5.41, 5.74) is 0. The molecule has 0 amide bonds. The van der Waals surface area contributed by atoms with Gasteiger partial charge in [0.1, 0.15) is 13.2 Å². The molecule has 9 heteroatoms. The Morgan fingerprint density at radius 3 is 0.920 bits per heavy atom. The van der Waals surface area contributed by atoms with Crippen LogP contribution in [0.25, 0.3) is 0 Å². The summed E-state index contributed by atoms with van der Waals surface area (Å²) in [5, 5.41) is 9.75. The predicted molar refractivity (Wildman–Crippen MR) is 373 cm³/mol. The SMILES string of the molecule is CC/C=C\C/C=C\C/C=C\C/C=C\C/C=C\C/C=C\C/C=C\C/C=C\CCCCCCCCCCC(=O)OC(COC(=O)CCCCCCCCCCCC/C=C\C/C=C\C/C=C\C/C=C\C/C=C\C/C=C\CC)COC(OCC[N+](C)(C)C)C(=O)O. The fraction of sp³-hybridized carbons (Fsp3) is 0.603. The zero-order valence-electron chi connectivity index (χ0n) is 55.9. The highest BCUT2D eigenvalue weighted by atomic mass is 16.7. The first-order valence-electron chi connectivity index (χ1n) is 34.3. The van der Waals surface area contributed by atoms with E-state index in [1.807, 2.05) is 21.1 Å². The van der Waals surface area contributed by atoms with Gasteiger partial charge in [-0.25, -0.2) is 4.79 Å². The van der Waals surface area contributed by atoms with Crippen LogP contribution in [0.3, 0.4) is 0 Å². The summed E-state index contributed by atoms with van der Waals surface area (Å²) >= 11 is 0. The number of carbonyl (C=O) groups is 3. The number of rotatable bonds is 61. The molecule has 0 heterocycles. The second kappa shape index (κ2) is 66.6. The van der Waals surface area contributed by atoms with Crippen LogP contribution >= 0.6 is 0 Å². The molecule has 0 aliphatic carbocycles. The molecule has 0 rings (SSSR count). The maximum absolute atomic E-state index is 12.9. The quantitative estimate of drug-likeness (QED) is 0.0211. The fourth-order valence-electron chi connectivity index (χ4n) is 8.80. The molecule has 0 spiro atoms. The number of allylic oxidation sites excluding steroid dienone is 28. The number of hydrogen-bond acceptors (Lipinski definition) is 7. The Balaban J connectivity index is 4.23. The number of nitrogens with zero attached hydrogens (tertiary/aromatic N) is 1. The number of esters is 2. The normalized spacial score (nSPS) is 13.8. The average molecular weight is 1210 g/mol. The van der Waals surface area contributed by atoms with Gasteiger partial charge in [0.25, 0.3) is 6.29 Å². The number of hydrogen-bond donors (Lipinski definition) is 1. The van der Waals surface area contributed by atoms with E-state index in [4.69, 9.17) is 18.9 Å². The van der Waals surface area contributed by atoms with Crippen molar-refractivity contribution in [3.05, 3.63) is 170 Å². The lowest BCUT2D eigenvalue weighted by Crippen LogP contribution is -2.40. The Kier molecular flexibility index (Phi) is 62.5. The predicted octanol–water partition coefficient (Wildman–Crippen LogP) is 21.5. The molecule has 9 nitrogen and oxygen atoms in total. The van der Waals surface area contributed by atoms with E-state index in [2.05, 4.69) is 184 Å². The van der Waals surface area contributed by atoms with Gasteiger partial charge in [-0.15, -0.1) is 0 Å². The zero-order chi connectivity index (χ0) is 63.3. The lowest BCUT2D eigenvalue weighted by atomic mass is 10.1. The van der Waals surface area contributed by atoms with E-state index in [0.29, 0.717) is 17.4 Å². The number of carboxylic acids is 1. The Hall–Kier alpha value is -5.35. The molecule has 0 fully saturated rings. The van der Waals surface area contributed by atoms with Crippen LogP contribution in [0.2, 0.25) is 0 Å². The molecule has 0 aliphatic rings. The van der Waals surface area contributed by atoms with Crippen molar-refractivity contribution in [2.45, 2.75) is 257 Å². The van der Waals surface area contributed by atoms with E-state index >= 15 is 0 Å². The third-order valence-corrected chi connectivity index (χ3v) is 14.0. The average Bonchev–Trinajstić information content (AvgIpc) is 3.59. The molecule has 0 radical (unpaired) electrons. The summed E-state index contributed by atoms with van der Waals surface area (Å²) < 4.78 is 22.9. The van der Waals surface area contributed by atoms with Crippen molar-refractivity contribution in [2.24, 2.45) is 0 Å². The topological polar surface area (TPSA) is 108 Å². The lowest BCUT2D eigenvalue weighted by molar-refractivity contribution is -0.870. The Labute approximate surface area is 533 Å². The van der Waals surface area contributed by atoms with Gasteiger partial charge < -0.3 is 28.5 Å². The number of carboxylic acid groups (broad SMARTS) is 1. The molecular weight excluding hydrogens is 1080 g/mol. The van der Waals surface area contributed by atoms with Crippen LogP contribution in [0.15, 0.2) is 170 Å². The van der Waals surface area contributed by atoms with Gasteiger partial charge in [0.2, 0.25) is 0 Å². The summed E-state index contributed by atoms with van der Waals surface area (Å²) in [6, 6.07) is 0. The van der Waals surface area contributed by atoms with Gasteiger partial charge in [0.05, 0.1) is 34.4 Å². The van der Waals surface area contributed by atoms with E-state index in [0.717, 1.165) is 148 Å². The maximum Gasteiger partial charge on any atom is 0.361 e. The number of carbonyl (C=O) groups excluding carboxylic acids is 2. The molecule has 87 heavy (non-hydrogen) atoms. The summed E-state index contributed by atoms with van der Waals surface area (Å²) in [7, 11) is 5.96. The third kappa shape index (κ3) is 68.0. The number of likely N-dealkylation sites (N-methyl/N-ethyl adjacent to an activating group) is 1. The van der Waals surface area contributed by atoms with E-state index in [1.54, 1.807) is 0 Å². The molecular formula is C78H126NO8+. The highest BCUT2D eigenvalue weighted by Gasteiger charge is 2.25. The minimum atomic E-state index is -1.53. The van der Waals surface area contributed by atoms with Crippen LogP contribution in [0.4, 0.5) is 0 Å². The summed E-state index contributed by atoms with van der Waals surface area (Å²) in [6.45, 7) is 4.62. The molecule has 0 saturated carbocycles. The second-order valence-corrected chi connectivity index (χ2v) is 23.4. The van der Waals surface area contributed by atoms with E-state index in [-0.39, 0.29) is 38.6 Å². The molecule has 0 aliphatic heterocycles. The minimum Gasteiger partial charge on any atom is -0.477 e. The largest absolute Gasteiger partial charge is 0.477 e. The Morgan fingerprint density at radius 2 is 0.621 bits per heavy atom. The van der Waals surface area contributed by atoms with Gasteiger partial charge in [-0.1, -0.05) is 274 Å². The van der Waals surface area contributed by atoms with Crippen LogP contribution in [-0.4, -0.2) is 87.4 Å². The highest BCUT2D eigenvalue weighted by Crippen LogP contribution is 2.15. The van der Waals surface area contributed by atoms with E-state index < -0.39 is 24.3 Å². The van der Waals surface area contributed by atoms with E-state index in [9.17, 15) is 19.5 Å². The molecule has 0 aromatic heterocycles. The first kappa shape index (κ1) is 81.7. The lowest BCUT2D eigenvalue weighted by Gasteiger charge is -2.25. The van der Waals surface area contributed by atoms with Crippen molar-refractivity contribution in [3.8, 4) is 0 Å². The Bertz CT molecular complexity index is 2030. The molecule has 2 atom stereocenters. The van der Waals surface area contributed by atoms with Crippen molar-refractivity contribution in [3.63, 3.8) is 0 Å². The molecule has 0 bridgehead atoms. The van der Waals surface area contributed by atoms with E-state index in [1.165, 1.54) is 64.2 Å².